The van der Waals surface area contributed by atoms with Crippen LogP contribution in [0.2, 0.25) is 0 Å². The van der Waals surface area contributed by atoms with E-state index in [1.54, 1.807) is 11.8 Å². The van der Waals surface area contributed by atoms with Crippen LogP contribution < -0.4 is 0 Å². The lowest BCUT2D eigenvalue weighted by Crippen LogP contribution is -2.45. The van der Waals surface area contributed by atoms with Crippen LogP contribution in [0.4, 0.5) is 0 Å². The fourth-order valence-electron chi connectivity index (χ4n) is 2.26. The summed E-state index contributed by atoms with van der Waals surface area (Å²) in [6.45, 7) is 2.29. The molecular weight excluding hydrogens is 236 g/mol. The third kappa shape index (κ3) is 2.42. The fraction of sp³-hybridized carbons (Fsp3) is 0.667. The van der Waals surface area contributed by atoms with E-state index >= 15 is 0 Å². The Morgan fingerprint density at radius 1 is 1.22 bits per heavy atom. The number of amides is 3. The first-order valence-corrected chi connectivity index (χ1v) is 6.12. The van der Waals surface area contributed by atoms with Crippen LogP contribution >= 0.6 is 0 Å². The number of imide groups is 1. The van der Waals surface area contributed by atoms with E-state index in [9.17, 15) is 19.2 Å². The van der Waals surface area contributed by atoms with E-state index in [0.29, 0.717) is 25.9 Å². The molecule has 18 heavy (non-hydrogen) atoms. The highest BCUT2D eigenvalue weighted by molar-refractivity contribution is 6.05. The second kappa shape index (κ2) is 4.88. The van der Waals surface area contributed by atoms with Gasteiger partial charge in [-0.25, -0.2) is 0 Å². The lowest BCUT2D eigenvalue weighted by molar-refractivity contribution is -0.147. The SMILES string of the molecule is CC1CC(=O)N(CC(=O)N2CCC(=O)CC2)C1=O. The Morgan fingerprint density at radius 3 is 2.33 bits per heavy atom. The standard InChI is InChI=1S/C12H16N2O4/c1-8-6-10(16)14(12(8)18)7-11(17)13-4-2-9(15)3-5-13/h8H,2-7H2,1H3. The van der Waals surface area contributed by atoms with Crippen LogP contribution in [0, 0.1) is 5.92 Å². The van der Waals surface area contributed by atoms with Crippen molar-refractivity contribution < 1.29 is 19.2 Å². The second-order valence-electron chi connectivity index (χ2n) is 4.84. The fourth-order valence-corrected chi connectivity index (χ4v) is 2.26. The molecule has 98 valence electrons. The number of carbonyl (C=O) groups excluding carboxylic acids is 4. The highest BCUT2D eigenvalue weighted by atomic mass is 16.2. The van der Waals surface area contributed by atoms with E-state index in [2.05, 4.69) is 0 Å². The molecule has 3 amide bonds. The molecular formula is C12H16N2O4. The average molecular weight is 252 g/mol. The predicted octanol–water partition coefficient (Wildman–Crippen LogP) is -0.427. The van der Waals surface area contributed by atoms with Gasteiger partial charge in [-0.1, -0.05) is 6.92 Å². The summed E-state index contributed by atoms with van der Waals surface area (Å²) in [5.74, 6) is -0.983. The Kier molecular flexibility index (Phi) is 3.45. The van der Waals surface area contributed by atoms with Gasteiger partial charge in [0.05, 0.1) is 0 Å². The maximum Gasteiger partial charge on any atom is 0.242 e. The number of Topliss-reactive ketones (excluding diaryl/α,β-unsaturated/α-hetero) is 1. The topological polar surface area (TPSA) is 74.8 Å². The van der Waals surface area contributed by atoms with E-state index in [1.807, 2.05) is 0 Å². The Morgan fingerprint density at radius 2 is 1.83 bits per heavy atom. The number of likely N-dealkylation sites (tertiary alicyclic amines) is 2. The van der Waals surface area contributed by atoms with Gasteiger partial charge >= 0.3 is 0 Å². The third-order valence-electron chi connectivity index (χ3n) is 3.44. The smallest absolute Gasteiger partial charge is 0.242 e. The number of rotatable bonds is 2. The van der Waals surface area contributed by atoms with E-state index in [-0.39, 0.29) is 42.4 Å². The zero-order valence-corrected chi connectivity index (χ0v) is 10.3. The van der Waals surface area contributed by atoms with Crippen molar-refractivity contribution in [3.05, 3.63) is 0 Å². The molecule has 1 atom stereocenters. The molecule has 2 heterocycles. The van der Waals surface area contributed by atoms with Gasteiger partial charge in [-0.05, 0) is 0 Å². The molecule has 2 rings (SSSR count). The van der Waals surface area contributed by atoms with Gasteiger partial charge in [0.25, 0.3) is 0 Å². The summed E-state index contributed by atoms with van der Waals surface area (Å²) < 4.78 is 0. The number of piperidine rings is 1. The molecule has 0 radical (unpaired) electrons. The molecule has 6 heteroatoms. The van der Waals surface area contributed by atoms with E-state index in [1.165, 1.54) is 0 Å². The second-order valence-corrected chi connectivity index (χ2v) is 4.84. The van der Waals surface area contributed by atoms with E-state index in [0.717, 1.165) is 4.90 Å². The molecule has 0 aliphatic carbocycles. The van der Waals surface area contributed by atoms with Gasteiger partial charge in [0.1, 0.15) is 12.3 Å². The first kappa shape index (κ1) is 12.7. The van der Waals surface area contributed by atoms with E-state index in [4.69, 9.17) is 0 Å². The van der Waals surface area contributed by atoms with Crippen molar-refractivity contribution in [1.29, 1.82) is 0 Å². The summed E-state index contributed by atoms with van der Waals surface area (Å²) in [4.78, 5) is 48.8. The van der Waals surface area contributed by atoms with Gasteiger partial charge in [-0.3, -0.25) is 24.1 Å². The van der Waals surface area contributed by atoms with Crippen LogP contribution in [-0.4, -0.2) is 52.9 Å². The van der Waals surface area contributed by atoms with Crippen molar-refractivity contribution in [3.8, 4) is 0 Å². The van der Waals surface area contributed by atoms with Gasteiger partial charge in [-0.15, -0.1) is 0 Å². The quantitative estimate of drug-likeness (QED) is 0.625. The number of ketones is 1. The molecule has 2 saturated heterocycles. The maximum atomic E-state index is 11.9. The van der Waals surface area contributed by atoms with Crippen molar-refractivity contribution in [2.24, 2.45) is 5.92 Å². The maximum absolute atomic E-state index is 11.9. The first-order chi connectivity index (χ1) is 8.49. The van der Waals surface area contributed by atoms with Gasteiger partial charge in [0.2, 0.25) is 17.7 Å². The van der Waals surface area contributed by atoms with Crippen molar-refractivity contribution in [2.75, 3.05) is 19.6 Å². The largest absolute Gasteiger partial charge is 0.340 e. The van der Waals surface area contributed by atoms with Crippen molar-refractivity contribution >= 4 is 23.5 Å². The molecule has 2 aliphatic rings. The Balaban J connectivity index is 1.93. The van der Waals surface area contributed by atoms with Crippen molar-refractivity contribution in [2.45, 2.75) is 26.2 Å². The van der Waals surface area contributed by atoms with Crippen molar-refractivity contribution in [3.63, 3.8) is 0 Å². The Labute approximate surface area is 105 Å². The molecule has 0 aromatic carbocycles. The molecule has 1 unspecified atom stereocenters. The van der Waals surface area contributed by atoms with Gasteiger partial charge in [0.15, 0.2) is 0 Å². The van der Waals surface area contributed by atoms with Gasteiger partial charge in [0, 0.05) is 38.3 Å². The molecule has 0 bridgehead atoms. The van der Waals surface area contributed by atoms with Crippen LogP contribution in [0.5, 0.6) is 0 Å². The molecule has 2 aliphatic heterocycles. The molecule has 6 nitrogen and oxygen atoms in total. The minimum absolute atomic E-state index is 0.154. The Hall–Kier alpha value is -1.72. The summed E-state index contributed by atoms with van der Waals surface area (Å²) in [6.07, 6.45) is 0.915. The number of nitrogens with zero attached hydrogens (tertiary/aromatic N) is 2. The molecule has 2 fully saturated rings. The average Bonchev–Trinajstić information content (AvgIpc) is 2.57. The summed E-state index contributed by atoms with van der Waals surface area (Å²) in [5, 5.41) is 0. The van der Waals surface area contributed by atoms with Crippen LogP contribution in [0.15, 0.2) is 0 Å². The third-order valence-corrected chi connectivity index (χ3v) is 3.44. The summed E-state index contributed by atoms with van der Waals surface area (Å²) in [7, 11) is 0. The van der Waals surface area contributed by atoms with Crippen LogP contribution in [-0.2, 0) is 19.2 Å². The zero-order chi connectivity index (χ0) is 13.3. The lowest BCUT2D eigenvalue weighted by Gasteiger charge is -2.27. The molecule has 0 aromatic heterocycles. The summed E-state index contributed by atoms with van der Waals surface area (Å²) in [6, 6.07) is 0. The molecule has 0 saturated carbocycles. The zero-order valence-electron chi connectivity index (χ0n) is 10.3. The van der Waals surface area contributed by atoms with Crippen molar-refractivity contribution in [1.82, 2.24) is 9.80 Å². The first-order valence-electron chi connectivity index (χ1n) is 6.12. The summed E-state index contributed by atoms with van der Waals surface area (Å²) in [5.41, 5.74) is 0. The van der Waals surface area contributed by atoms with Crippen LogP contribution in [0.25, 0.3) is 0 Å². The summed E-state index contributed by atoms with van der Waals surface area (Å²) >= 11 is 0. The minimum atomic E-state index is -0.326. The minimum Gasteiger partial charge on any atom is -0.340 e. The van der Waals surface area contributed by atoms with Crippen LogP contribution in [0.1, 0.15) is 26.2 Å². The lowest BCUT2D eigenvalue weighted by atomic mass is 10.1. The number of hydrogen-bond donors (Lipinski definition) is 0. The number of hydrogen-bond acceptors (Lipinski definition) is 4. The molecule has 0 spiro atoms. The Bertz CT molecular complexity index is 408. The molecule has 0 aromatic rings. The molecule has 0 N–H and O–H groups in total. The highest BCUT2D eigenvalue weighted by Gasteiger charge is 2.37. The van der Waals surface area contributed by atoms with Gasteiger partial charge < -0.3 is 4.90 Å². The van der Waals surface area contributed by atoms with E-state index < -0.39 is 0 Å². The van der Waals surface area contributed by atoms with Gasteiger partial charge in [-0.2, -0.15) is 0 Å². The predicted molar refractivity (Wildman–Crippen MR) is 61.3 cm³/mol. The highest BCUT2D eigenvalue weighted by Crippen LogP contribution is 2.19. The normalized spacial score (nSPS) is 24.9. The monoisotopic (exact) mass is 252 g/mol. The number of carbonyl (C=O) groups is 4. The van der Waals surface area contributed by atoms with Crippen LogP contribution in [0.3, 0.4) is 0 Å².